The van der Waals surface area contributed by atoms with Crippen LogP contribution in [-0.2, 0) is 7.05 Å². The van der Waals surface area contributed by atoms with Gasteiger partial charge in [-0.2, -0.15) is 10.2 Å². The van der Waals surface area contributed by atoms with Crippen molar-refractivity contribution in [2.75, 3.05) is 6.61 Å². The van der Waals surface area contributed by atoms with Crippen LogP contribution in [0.2, 0.25) is 0 Å². The van der Waals surface area contributed by atoms with E-state index in [1.807, 2.05) is 32.4 Å². The number of ether oxygens (including phenoxy) is 1. The Balaban J connectivity index is 1.95. The summed E-state index contributed by atoms with van der Waals surface area (Å²) in [4.78, 5) is 4.58. The minimum atomic E-state index is 0.104. The predicted molar refractivity (Wildman–Crippen MR) is 79.0 cm³/mol. The highest BCUT2D eigenvalue weighted by molar-refractivity contribution is 5.63. The zero-order chi connectivity index (χ0) is 14.8. The Morgan fingerprint density at radius 1 is 1.33 bits per heavy atom. The third-order valence-electron chi connectivity index (χ3n) is 3.17. The first-order valence-electron chi connectivity index (χ1n) is 6.85. The van der Waals surface area contributed by atoms with Gasteiger partial charge in [0.05, 0.1) is 30.9 Å². The van der Waals surface area contributed by atoms with Crippen molar-refractivity contribution < 1.29 is 4.74 Å². The zero-order valence-electron chi connectivity index (χ0n) is 12.1. The molecular weight excluding hydrogens is 268 g/mol. The van der Waals surface area contributed by atoms with Crippen LogP contribution in [0.1, 0.15) is 13.3 Å². The molecule has 3 aromatic heterocycles. The third kappa shape index (κ3) is 2.87. The fourth-order valence-electron chi connectivity index (χ4n) is 2.04. The summed E-state index contributed by atoms with van der Waals surface area (Å²) in [5, 5.41) is 8.43. The minimum Gasteiger partial charge on any atom is -0.476 e. The number of nitrogens with zero attached hydrogens (tertiary/aromatic N) is 5. The molecule has 0 radical (unpaired) electrons. The molecule has 0 saturated carbocycles. The summed E-state index contributed by atoms with van der Waals surface area (Å²) in [5.74, 6) is 0.564. The molecule has 1 atom stereocenters. The van der Waals surface area contributed by atoms with Gasteiger partial charge in [-0.15, -0.1) is 0 Å². The Bertz CT molecular complexity index is 745. The molecule has 3 aromatic rings. The van der Waals surface area contributed by atoms with Crippen molar-refractivity contribution in [3.05, 3.63) is 30.9 Å². The number of nitrogens with two attached hydrogens (primary N) is 1. The Labute approximate surface area is 122 Å². The van der Waals surface area contributed by atoms with Crippen LogP contribution in [0.3, 0.4) is 0 Å². The molecule has 3 heterocycles. The van der Waals surface area contributed by atoms with Crippen LogP contribution in [0, 0.1) is 0 Å². The van der Waals surface area contributed by atoms with Crippen molar-refractivity contribution in [2.45, 2.75) is 19.4 Å². The van der Waals surface area contributed by atoms with Gasteiger partial charge in [0.15, 0.2) is 0 Å². The summed E-state index contributed by atoms with van der Waals surface area (Å²) in [5.41, 5.74) is 8.28. The van der Waals surface area contributed by atoms with Crippen LogP contribution in [0.15, 0.2) is 30.9 Å². The lowest BCUT2D eigenvalue weighted by molar-refractivity contribution is 0.292. The minimum absolute atomic E-state index is 0.104. The first kappa shape index (κ1) is 13.6. The summed E-state index contributed by atoms with van der Waals surface area (Å²) in [7, 11) is 1.87. The topological polar surface area (TPSA) is 83.3 Å². The monoisotopic (exact) mass is 286 g/mol. The van der Waals surface area contributed by atoms with E-state index in [0.717, 1.165) is 23.2 Å². The van der Waals surface area contributed by atoms with Gasteiger partial charge >= 0.3 is 0 Å². The average molecular weight is 286 g/mol. The molecular formula is C14H18N6O. The van der Waals surface area contributed by atoms with E-state index >= 15 is 0 Å². The summed E-state index contributed by atoms with van der Waals surface area (Å²) in [6.45, 7) is 2.49. The van der Waals surface area contributed by atoms with E-state index in [0.29, 0.717) is 12.5 Å². The lowest BCUT2D eigenvalue weighted by Crippen LogP contribution is -2.18. The highest BCUT2D eigenvalue weighted by Gasteiger charge is 2.11. The molecule has 21 heavy (non-hydrogen) atoms. The Morgan fingerprint density at radius 2 is 2.19 bits per heavy atom. The second-order valence-electron chi connectivity index (χ2n) is 5.11. The maximum absolute atomic E-state index is 5.78. The largest absolute Gasteiger partial charge is 0.476 e. The lowest BCUT2D eigenvalue weighted by atomic mass is 10.2. The molecule has 0 aliphatic rings. The molecule has 0 aliphatic heterocycles. The fraction of sp³-hybridized carbons (Fsp3) is 0.357. The van der Waals surface area contributed by atoms with Crippen LogP contribution < -0.4 is 10.5 Å². The normalized spacial score (nSPS) is 12.7. The maximum Gasteiger partial charge on any atom is 0.240 e. The van der Waals surface area contributed by atoms with E-state index in [9.17, 15) is 0 Å². The second kappa shape index (κ2) is 5.53. The molecule has 0 amide bonds. The molecule has 0 fully saturated rings. The first-order valence-corrected chi connectivity index (χ1v) is 6.85. The number of aromatic nitrogens is 5. The standard InChI is InChI=1S/C14H18N6O/c1-10(15)4-6-21-14-13-3-5-16-20(13)9-12(18-14)11-7-17-19(2)8-11/h3,5,7-10H,4,6,15H2,1-2H3. The van der Waals surface area contributed by atoms with Gasteiger partial charge < -0.3 is 10.5 Å². The van der Waals surface area contributed by atoms with Crippen LogP contribution in [0.5, 0.6) is 5.88 Å². The Kier molecular flexibility index (Phi) is 3.57. The molecule has 0 bridgehead atoms. The number of hydrogen-bond donors (Lipinski definition) is 1. The number of fused-ring (bicyclic) bond motifs is 1. The van der Waals surface area contributed by atoms with Crippen LogP contribution in [0.25, 0.3) is 16.8 Å². The molecule has 0 aromatic carbocycles. The van der Waals surface area contributed by atoms with E-state index in [4.69, 9.17) is 10.5 Å². The third-order valence-corrected chi connectivity index (χ3v) is 3.17. The second-order valence-corrected chi connectivity index (χ2v) is 5.11. The molecule has 0 aliphatic carbocycles. The number of rotatable bonds is 5. The summed E-state index contributed by atoms with van der Waals surface area (Å²) < 4.78 is 9.28. The van der Waals surface area contributed by atoms with Gasteiger partial charge in [0, 0.05) is 24.8 Å². The van der Waals surface area contributed by atoms with Gasteiger partial charge in [0.25, 0.3) is 0 Å². The van der Waals surface area contributed by atoms with Gasteiger partial charge in [0.1, 0.15) is 5.52 Å². The van der Waals surface area contributed by atoms with Crippen molar-refractivity contribution in [1.82, 2.24) is 24.4 Å². The number of aryl methyl sites for hydroxylation is 1. The molecule has 1 unspecified atom stereocenters. The van der Waals surface area contributed by atoms with Crippen LogP contribution >= 0.6 is 0 Å². The van der Waals surface area contributed by atoms with E-state index in [1.165, 1.54) is 0 Å². The van der Waals surface area contributed by atoms with Crippen LogP contribution in [0.4, 0.5) is 0 Å². The maximum atomic E-state index is 5.78. The summed E-state index contributed by atoms with van der Waals surface area (Å²) >= 11 is 0. The SMILES string of the molecule is CC(N)CCOc1nc(-c2cnn(C)c2)cn2nccc12. The smallest absolute Gasteiger partial charge is 0.240 e. The average Bonchev–Trinajstić information content (AvgIpc) is 3.06. The molecule has 110 valence electrons. The van der Waals surface area contributed by atoms with Gasteiger partial charge in [-0.3, -0.25) is 4.68 Å². The molecule has 7 nitrogen and oxygen atoms in total. The van der Waals surface area contributed by atoms with E-state index < -0.39 is 0 Å². The molecule has 3 rings (SSSR count). The van der Waals surface area contributed by atoms with Gasteiger partial charge in [-0.1, -0.05) is 0 Å². The highest BCUT2D eigenvalue weighted by atomic mass is 16.5. The van der Waals surface area contributed by atoms with E-state index in [2.05, 4.69) is 15.2 Å². The van der Waals surface area contributed by atoms with Gasteiger partial charge in [0.2, 0.25) is 5.88 Å². The van der Waals surface area contributed by atoms with Crippen molar-refractivity contribution in [2.24, 2.45) is 12.8 Å². The quantitative estimate of drug-likeness (QED) is 0.763. The molecule has 0 saturated heterocycles. The summed E-state index contributed by atoms with van der Waals surface area (Å²) in [6.07, 6.45) is 8.04. The van der Waals surface area contributed by atoms with E-state index in [1.54, 1.807) is 21.6 Å². The zero-order valence-corrected chi connectivity index (χ0v) is 12.1. The lowest BCUT2D eigenvalue weighted by Gasteiger charge is -2.10. The van der Waals surface area contributed by atoms with Crippen molar-refractivity contribution in [1.29, 1.82) is 0 Å². The highest BCUT2D eigenvalue weighted by Crippen LogP contribution is 2.23. The van der Waals surface area contributed by atoms with Crippen molar-refractivity contribution >= 4 is 5.52 Å². The first-order chi connectivity index (χ1) is 10.1. The Morgan fingerprint density at radius 3 is 2.90 bits per heavy atom. The van der Waals surface area contributed by atoms with Crippen molar-refractivity contribution in [3.63, 3.8) is 0 Å². The summed E-state index contributed by atoms with van der Waals surface area (Å²) in [6, 6.07) is 1.98. The van der Waals surface area contributed by atoms with Gasteiger partial charge in [-0.05, 0) is 19.4 Å². The molecule has 2 N–H and O–H groups in total. The molecule has 0 spiro atoms. The Hall–Kier alpha value is -2.41. The number of hydrogen-bond acceptors (Lipinski definition) is 5. The molecule has 7 heteroatoms. The van der Waals surface area contributed by atoms with Crippen molar-refractivity contribution in [3.8, 4) is 17.1 Å². The van der Waals surface area contributed by atoms with Gasteiger partial charge in [-0.25, -0.2) is 9.50 Å². The fourth-order valence-corrected chi connectivity index (χ4v) is 2.04. The predicted octanol–water partition coefficient (Wildman–Crippen LogP) is 1.25. The van der Waals surface area contributed by atoms with Crippen LogP contribution in [-0.4, -0.2) is 37.0 Å². The van der Waals surface area contributed by atoms with E-state index in [-0.39, 0.29) is 6.04 Å².